The topological polar surface area (TPSA) is 56.1 Å². The van der Waals surface area contributed by atoms with E-state index in [4.69, 9.17) is 11.6 Å². The fraction of sp³-hybridized carbons (Fsp3) is 0.0667. The van der Waals surface area contributed by atoms with Crippen LogP contribution in [0.1, 0.15) is 11.0 Å². The molecule has 1 aliphatic heterocycles. The summed E-state index contributed by atoms with van der Waals surface area (Å²) in [4.78, 5) is 14.9. The molecule has 1 aliphatic rings. The maximum Gasteiger partial charge on any atom is 0.266 e. The van der Waals surface area contributed by atoms with Gasteiger partial charge in [-0.3, -0.25) is 4.79 Å². The first-order valence-electron chi connectivity index (χ1n) is 6.34. The average Bonchev–Trinajstić information content (AvgIpc) is 3.03. The monoisotopic (exact) mass is 347 g/mol. The molecule has 110 valence electrons. The highest BCUT2D eigenvalue weighted by Crippen LogP contribution is 2.37. The van der Waals surface area contributed by atoms with Gasteiger partial charge in [0.25, 0.3) is 5.91 Å². The van der Waals surface area contributed by atoms with Gasteiger partial charge in [0.15, 0.2) is 0 Å². The number of carbonyl (C=O) groups is 1. The molecule has 0 spiro atoms. The lowest BCUT2D eigenvalue weighted by molar-refractivity contribution is -0.118. The van der Waals surface area contributed by atoms with Crippen LogP contribution in [0.15, 0.2) is 52.4 Å². The summed E-state index contributed by atoms with van der Waals surface area (Å²) in [7, 11) is 0. The van der Waals surface area contributed by atoms with Gasteiger partial charge in [0.1, 0.15) is 17.8 Å². The SMILES string of the molecule is N#CC1=C(S)N(c2ccc(Cl)cc2)C(c2cccs2)NC1=O. The second kappa shape index (κ2) is 6.05. The quantitative estimate of drug-likeness (QED) is 0.814. The molecule has 7 heteroatoms. The largest absolute Gasteiger partial charge is 0.326 e. The fourth-order valence-electron chi connectivity index (χ4n) is 2.22. The summed E-state index contributed by atoms with van der Waals surface area (Å²) < 4.78 is 0. The van der Waals surface area contributed by atoms with E-state index in [1.165, 1.54) is 11.3 Å². The van der Waals surface area contributed by atoms with E-state index in [2.05, 4.69) is 17.9 Å². The van der Waals surface area contributed by atoms with Crippen molar-refractivity contribution < 1.29 is 4.79 Å². The Bertz CT molecular complexity index is 778. The standard InChI is InChI=1S/C15H10ClN3OS2/c16-9-3-5-10(6-4-9)19-13(12-2-1-7-22-12)18-14(20)11(8-17)15(19)21/h1-7,13,21H,(H,18,20). The maximum atomic E-state index is 12.1. The molecule has 1 N–H and O–H groups in total. The Kier molecular flexibility index (Phi) is 4.12. The van der Waals surface area contributed by atoms with Crippen molar-refractivity contribution in [2.45, 2.75) is 6.17 Å². The second-order valence-corrected chi connectivity index (χ2v) is 6.39. The first-order chi connectivity index (χ1) is 10.6. The van der Waals surface area contributed by atoms with E-state index < -0.39 is 12.1 Å². The Balaban J connectivity index is 2.14. The molecule has 3 rings (SSSR count). The molecule has 2 heterocycles. The Morgan fingerprint density at radius 1 is 1.32 bits per heavy atom. The van der Waals surface area contributed by atoms with Crippen LogP contribution in [-0.4, -0.2) is 5.91 Å². The number of hydrogen-bond acceptors (Lipinski definition) is 5. The molecular formula is C15H10ClN3OS2. The summed E-state index contributed by atoms with van der Waals surface area (Å²) in [5, 5.41) is 14.9. The van der Waals surface area contributed by atoms with Gasteiger partial charge in [-0.05, 0) is 35.7 Å². The van der Waals surface area contributed by atoms with Gasteiger partial charge in [0.2, 0.25) is 0 Å². The lowest BCUT2D eigenvalue weighted by Gasteiger charge is -2.37. The molecule has 1 atom stereocenters. The molecule has 0 saturated heterocycles. The lowest BCUT2D eigenvalue weighted by Crippen LogP contribution is -2.45. The zero-order valence-corrected chi connectivity index (χ0v) is 13.6. The van der Waals surface area contributed by atoms with Crippen LogP contribution in [0.25, 0.3) is 0 Å². The van der Waals surface area contributed by atoms with Crippen LogP contribution in [-0.2, 0) is 4.79 Å². The number of carbonyl (C=O) groups excluding carboxylic acids is 1. The predicted octanol–water partition coefficient (Wildman–Crippen LogP) is 3.70. The molecule has 0 saturated carbocycles. The predicted molar refractivity (Wildman–Crippen MR) is 90.8 cm³/mol. The number of halogens is 1. The van der Waals surface area contributed by atoms with Crippen molar-refractivity contribution in [3.8, 4) is 6.07 Å². The molecule has 1 unspecified atom stereocenters. The number of nitrogens with zero attached hydrogens (tertiary/aromatic N) is 2. The van der Waals surface area contributed by atoms with Crippen molar-refractivity contribution in [1.82, 2.24) is 5.32 Å². The smallest absolute Gasteiger partial charge is 0.266 e. The number of amides is 1. The molecule has 1 amide bonds. The summed E-state index contributed by atoms with van der Waals surface area (Å²) in [6.45, 7) is 0. The summed E-state index contributed by atoms with van der Waals surface area (Å²) in [6, 6.07) is 12.9. The Hall–Kier alpha value is -1.94. The molecule has 1 aromatic carbocycles. The van der Waals surface area contributed by atoms with Gasteiger partial charge >= 0.3 is 0 Å². The van der Waals surface area contributed by atoms with E-state index in [1.54, 1.807) is 12.1 Å². The van der Waals surface area contributed by atoms with Crippen molar-refractivity contribution in [2.24, 2.45) is 0 Å². The van der Waals surface area contributed by atoms with Crippen LogP contribution < -0.4 is 10.2 Å². The molecule has 2 aromatic rings. The van der Waals surface area contributed by atoms with Gasteiger partial charge in [-0.1, -0.05) is 17.7 Å². The van der Waals surface area contributed by atoms with Crippen molar-refractivity contribution in [3.05, 3.63) is 62.3 Å². The molecule has 4 nitrogen and oxygen atoms in total. The molecular weight excluding hydrogens is 338 g/mol. The number of nitriles is 1. The number of thiophene rings is 1. The van der Waals surface area contributed by atoms with Crippen LogP contribution in [0, 0.1) is 11.3 Å². The molecule has 0 radical (unpaired) electrons. The van der Waals surface area contributed by atoms with Crippen LogP contribution >= 0.6 is 35.6 Å². The highest BCUT2D eigenvalue weighted by Gasteiger charge is 2.34. The van der Waals surface area contributed by atoms with Crippen molar-refractivity contribution in [3.63, 3.8) is 0 Å². The average molecular weight is 348 g/mol. The van der Waals surface area contributed by atoms with E-state index in [9.17, 15) is 10.1 Å². The van der Waals surface area contributed by atoms with E-state index >= 15 is 0 Å². The molecule has 1 aromatic heterocycles. The zero-order valence-electron chi connectivity index (χ0n) is 11.2. The minimum Gasteiger partial charge on any atom is -0.326 e. The normalized spacial score (nSPS) is 18.1. The first-order valence-corrected chi connectivity index (χ1v) is 8.04. The molecule has 0 bridgehead atoms. The summed E-state index contributed by atoms with van der Waals surface area (Å²) in [5.41, 5.74) is 0.784. The van der Waals surface area contributed by atoms with Crippen molar-refractivity contribution >= 4 is 47.2 Å². The second-order valence-electron chi connectivity index (χ2n) is 4.55. The Morgan fingerprint density at radius 3 is 2.64 bits per heavy atom. The Morgan fingerprint density at radius 2 is 2.05 bits per heavy atom. The molecule has 0 fully saturated rings. The van der Waals surface area contributed by atoms with Crippen LogP contribution in [0.2, 0.25) is 5.02 Å². The van der Waals surface area contributed by atoms with E-state index in [-0.39, 0.29) is 5.57 Å². The van der Waals surface area contributed by atoms with Gasteiger partial charge in [-0.2, -0.15) is 5.26 Å². The number of thiol groups is 1. The summed E-state index contributed by atoms with van der Waals surface area (Å²) >= 11 is 11.9. The molecule has 22 heavy (non-hydrogen) atoms. The number of hydrogen-bond donors (Lipinski definition) is 2. The van der Waals surface area contributed by atoms with E-state index in [1.807, 2.05) is 40.6 Å². The maximum absolute atomic E-state index is 12.1. The van der Waals surface area contributed by atoms with Crippen LogP contribution in [0.3, 0.4) is 0 Å². The summed E-state index contributed by atoms with van der Waals surface area (Å²) in [5.74, 6) is -0.420. The third-order valence-corrected chi connectivity index (χ3v) is 4.85. The Labute approximate surface area is 142 Å². The van der Waals surface area contributed by atoms with Gasteiger partial charge in [-0.15, -0.1) is 24.0 Å². The number of benzene rings is 1. The third kappa shape index (κ3) is 2.59. The van der Waals surface area contributed by atoms with Crippen molar-refractivity contribution in [1.29, 1.82) is 5.26 Å². The number of anilines is 1. The number of nitrogens with one attached hydrogen (secondary N) is 1. The number of rotatable bonds is 2. The van der Waals surface area contributed by atoms with E-state index in [0.717, 1.165) is 10.6 Å². The lowest BCUT2D eigenvalue weighted by atomic mass is 10.1. The summed E-state index contributed by atoms with van der Waals surface area (Å²) in [6.07, 6.45) is -0.404. The van der Waals surface area contributed by atoms with Crippen molar-refractivity contribution in [2.75, 3.05) is 4.90 Å². The molecule has 0 aliphatic carbocycles. The zero-order chi connectivity index (χ0) is 15.7. The van der Waals surface area contributed by atoms with Gasteiger partial charge < -0.3 is 10.2 Å². The third-order valence-electron chi connectivity index (χ3n) is 3.23. The minimum atomic E-state index is -0.420. The van der Waals surface area contributed by atoms with Crippen LogP contribution in [0.5, 0.6) is 0 Å². The highest BCUT2D eigenvalue weighted by molar-refractivity contribution is 7.84. The highest BCUT2D eigenvalue weighted by atomic mass is 35.5. The fourth-order valence-corrected chi connectivity index (χ4v) is 3.50. The van der Waals surface area contributed by atoms with E-state index in [0.29, 0.717) is 10.1 Å². The van der Waals surface area contributed by atoms with Gasteiger partial charge in [-0.25, -0.2) is 0 Å². The first kappa shape index (κ1) is 15.0. The van der Waals surface area contributed by atoms with Crippen LogP contribution in [0.4, 0.5) is 5.69 Å². The minimum absolute atomic E-state index is 0.00825. The van der Waals surface area contributed by atoms with Gasteiger partial charge in [0.05, 0.1) is 5.03 Å². The van der Waals surface area contributed by atoms with Gasteiger partial charge in [0, 0.05) is 15.6 Å².